The van der Waals surface area contributed by atoms with Crippen molar-refractivity contribution in [3.05, 3.63) is 72.6 Å². The SMILES string of the molecule is CCCCc1ccc(-c2[nH]c3ccccc3c2-c2ncnc3cc(OC)c(OCCCN4CCOCC4)cc23)cc1. The van der Waals surface area contributed by atoms with Crippen molar-refractivity contribution in [3.63, 3.8) is 0 Å². The predicted octanol–water partition coefficient (Wildman–Crippen LogP) is 6.90. The van der Waals surface area contributed by atoms with Crippen LogP contribution in [0.5, 0.6) is 11.5 Å². The summed E-state index contributed by atoms with van der Waals surface area (Å²) in [6, 6.07) is 21.3. The first kappa shape index (κ1) is 27.2. The number of ether oxygens (including phenoxy) is 3. The highest BCUT2D eigenvalue weighted by Gasteiger charge is 2.20. The Labute approximate surface area is 241 Å². The van der Waals surface area contributed by atoms with Gasteiger partial charge in [-0.15, -0.1) is 0 Å². The Morgan fingerprint density at radius 3 is 2.56 bits per heavy atom. The molecule has 212 valence electrons. The van der Waals surface area contributed by atoms with Crippen molar-refractivity contribution in [3.8, 4) is 34.0 Å². The summed E-state index contributed by atoms with van der Waals surface area (Å²) < 4.78 is 17.5. The third-order valence-electron chi connectivity index (χ3n) is 7.91. The molecule has 1 fully saturated rings. The van der Waals surface area contributed by atoms with Crippen molar-refractivity contribution in [2.75, 3.05) is 46.6 Å². The van der Waals surface area contributed by atoms with Gasteiger partial charge in [0.05, 0.1) is 43.8 Å². The van der Waals surface area contributed by atoms with Gasteiger partial charge in [-0.1, -0.05) is 55.8 Å². The lowest BCUT2D eigenvalue weighted by Gasteiger charge is -2.26. The number of unbranched alkanes of at least 4 members (excludes halogenated alkanes) is 1. The zero-order valence-corrected chi connectivity index (χ0v) is 24.0. The largest absolute Gasteiger partial charge is 0.493 e. The zero-order valence-electron chi connectivity index (χ0n) is 24.0. The molecule has 0 saturated carbocycles. The van der Waals surface area contributed by atoms with Gasteiger partial charge >= 0.3 is 0 Å². The first-order valence-electron chi connectivity index (χ1n) is 14.7. The molecule has 6 rings (SSSR count). The number of para-hydroxylation sites is 1. The second-order valence-corrected chi connectivity index (χ2v) is 10.6. The van der Waals surface area contributed by atoms with Crippen molar-refractivity contribution in [1.29, 1.82) is 0 Å². The van der Waals surface area contributed by atoms with E-state index in [0.717, 1.165) is 90.0 Å². The Bertz CT molecular complexity index is 1610. The van der Waals surface area contributed by atoms with E-state index in [9.17, 15) is 0 Å². The number of H-pyrrole nitrogens is 1. The van der Waals surface area contributed by atoms with Crippen molar-refractivity contribution in [2.24, 2.45) is 0 Å². The molecule has 0 amide bonds. The van der Waals surface area contributed by atoms with E-state index >= 15 is 0 Å². The number of fused-ring (bicyclic) bond motifs is 2. The minimum Gasteiger partial charge on any atom is -0.493 e. The average molecular weight is 551 g/mol. The number of hydrogen-bond donors (Lipinski definition) is 1. The highest BCUT2D eigenvalue weighted by molar-refractivity contribution is 6.09. The molecule has 2 aromatic heterocycles. The molecule has 1 saturated heterocycles. The van der Waals surface area contributed by atoms with Gasteiger partial charge in [-0.2, -0.15) is 0 Å². The lowest BCUT2D eigenvalue weighted by atomic mass is 9.98. The molecular weight excluding hydrogens is 512 g/mol. The van der Waals surface area contributed by atoms with Crippen LogP contribution < -0.4 is 9.47 Å². The molecule has 41 heavy (non-hydrogen) atoms. The third-order valence-corrected chi connectivity index (χ3v) is 7.91. The highest BCUT2D eigenvalue weighted by atomic mass is 16.5. The quantitative estimate of drug-likeness (QED) is 0.180. The molecule has 0 bridgehead atoms. The number of nitrogens with zero attached hydrogens (tertiary/aromatic N) is 3. The van der Waals surface area contributed by atoms with E-state index in [4.69, 9.17) is 19.2 Å². The second kappa shape index (κ2) is 12.7. The van der Waals surface area contributed by atoms with Crippen LogP contribution in [-0.2, 0) is 11.2 Å². The van der Waals surface area contributed by atoms with Gasteiger partial charge in [0, 0.05) is 47.6 Å². The predicted molar refractivity (Wildman–Crippen MR) is 165 cm³/mol. The average Bonchev–Trinajstić information content (AvgIpc) is 3.41. The maximum absolute atomic E-state index is 6.30. The Morgan fingerprint density at radius 2 is 1.76 bits per heavy atom. The van der Waals surface area contributed by atoms with Crippen LogP contribution in [0.2, 0.25) is 0 Å². The summed E-state index contributed by atoms with van der Waals surface area (Å²) in [5.74, 6) is 1.38. The van der Waals surface area contributed by atoms with Crippen molar-refractivity contribution in [1.82, 2.24) is 19.9 Å². The van der Waals surface area contributed by atoms with Crippen LogP contribution in [0.15, 0.2) is 67.0 Å². The molecule has 5 aromatic rings. The van der Waals surface area contributed by atoms with Crippen LogP contribution in [0.3, 0.4) is 0 Å². The molecule has 3 aromatic carbocycles. The summed E-state index contributed by atoms with van der Waals surface area (Å²) in [6.07, 6.45) is 6.06. The number of aromatic nitrogens is 3. The van der Waals surface area contributed by atoms with Gasteiger partial charge in [-0.3, -0.25) is 4.90 Å². The fourth-order valence-electron chi connectivity index (χ4n) is 5.65. The first-order chi connectivity index (χ1) is 20.2. The third kappa shape index (κ3) is 5.92. The molecule has 0 aliphatic carbocycles. The maximum Gasteiger partial charge on any atom is 0.162 e. The number of rotatable bonds is 11. The topological polar surface area (TPSA) is 72.5 Å². The van der Waals surface area contributed by atoms with E-state index in [0.29, 0.717) is 18.1 Å². The highest BCUT2D eigenvalue weighted by Crippen LogP contribution is 2.42. The van der Waals surface area contributed by atoms with E-state index in [1.54, 1.807) is 13.4 Å². The number of morpholine rings is 1. The van der Waals surface area contributed by atoms with E-state index < -0.39 is 0 Å². The normalized spacial score (nSPS) is 14.1. The molecule has 3 heterocycles. The molecule has 7 nitrogen and oxygen atoms in total. The summed E-state index contributed by atoms with van der Waals surface area (Å²) in [5.41, 5.74) is 7.39. The molecule has 1 aliphatic heterocycles. The molecule has 0 spiro atoms. The summed E-state index contributed by atoms with van der Waals surface area (Å²) in [4.78, 5) is 15.6. The number of nitrogens with one attached hydrogen (secondary N) is 1. The van der Waals surface area contributed by atoms with Gasteiger partial charge in [-0.05, 0) is 42.5 Å². The first-order valence-corrected chi connectivity index (χ1v) is 14.7. The Kier molecular flexibility index (Phi) is 8.44. The van der Waals surface area contributed by atoms with Crippen LogP contribution in [-0.4, -0.2) is 66.4 Å². The molecule has 0 radical (unpaired) electrons. The number of aryl methyl sites for hydroxylation is 1. The van der Waals surface area contributed by atoms with Gasteiger partial charge in [0.15, 0.2) is 11.5 Å². The number of hydrogen-bond acceptors (Lipinski definition) is 6. The molecule has 0 atom stereocenters. The van der Waals surface area contributed by atoms with E-state index in [-0.39, 0.29) is 0 Å². The number of aromatic amines is 1. The fraction of sp³-hybridized carbons (Fsp3) is 0.353. The summed E-state index contributed by atoms with van der Waals surface area (Å²) in [5, 5.41) is 2.06. The number of benzene rings is 3. The van der Waals surface area contributed by atoms with E-state index in [1.807, 2.05) is 12.1 Å². The molecule has 1 N–H and O–H groups in total. The smallest absolute Gasteiger partial charge is 0.162 e. The van der Waals surface area contributed by atoms with Crippen LogP contribution in [0.4, 0.5) is 0 Å². The Balaban J connectivity index is 1.37. The molecule has 7 heteroatoms. The van der Waals surface area contributed by atoms with Gasteiger partial charge < -0.3 is 19.2 Å². The van der Waals surface area contributed by atoms with E-state index in [2.05, 4.69) is 70.3 Å². The van der Waals surface area contributed by atoms with Gasteiger partial charge in [0.1, 0.15) is 6.33 Å². The molecule has 1 aliphatic rings. The van der Waals surface area contributed by atoms with Crippen LogP contribution in [0, 0.1) is 0 Å². The minimum atomic E-state index is 0.602. The van der Waals surface area contributed by atoms with Crippen molar-refractivity contribution >= 4 is 21.8 Å². The van der Waals surface area contributed by atoms with Crippen LogP contribution >= 0.6 is 0 Å². The second-order valence-electron chi connectivity index (χ2n) is 10.6. The van der Waals surface area contributed by atoms with Crippen molar-refractivity contribution in [2.45, 2.75) is 32.6 Å². The monoisotopic (exact) mass is 550 g/mol. The summed E-state index contributed by atoms with van der Waals surface area (Å²) >= 11 is 0. The van der Waals surface area contributed by atoms with Gasteiger partial charge in [0.25, 0.3) is 0 Å². The van der Waals surface area contributed by atoms with Gasteiger partial charge in [-0.25, -0.2) is 9.97 Å². The summed E-state index contributed by atoms with van der Waals surface area (Å²) in [7, 11) is 1.67. The van der Waals surface area contributed by atoms with Crippen LogP contribution in [0.1, 0.15) is 31.7 Å². The minimum absolute atomic E-state index is 0.602. The Morgan fingerprint density at radius 1 is 0.927 bits per heavy atom. The zero-order chi connectivity index (χ0) is 28.0. The number of methoxy groups -OCH3 is 1. The summed E-state index contributed by atoms with van der Waals surface area (Å²) in [6.45, 7) is 7.40. The maximum atomic E-state index is 6.30. The Hall–Kier alpha value is -3.94. The lowest BCUT2D eigenvalue weighted by Crippen LogP contribution is -2.37. The lowest BCUT2D eigenvalue weighted by molar-refractivity contribution is 0.0357. The van der Waals surface area contributed by atoms with Gasteiger partial charge in [0.2, 0.25) is 0 Å². The molecule has 0 unspecified atom stereocenters. The van der Waals surface area contributed by atoms with Crippen LogP contribution in [0.25, 0.3) is 44.3 Å². The van der Waals surface area contributed by atoms with E-state index in [1.165, 1.54) is 18.4 Å². The standard InChI is InChI=1S/C34H38N4O3/c1-3-4-8-24-11-13-25(14-12-24)33-32(26-9-5-6-10-28(26)37-33)34-27-21-31(30(39-2)22-29(27)35-23-36-34)41-18-7-15-38-16-19-40-20-17-38/h5-6,9-14,21-23,37H,3-4,7-8,15-20H2,1-2H3. The van der Waals surface area contributed by atoms with Crippen molar-refractivity contribution < 1.29 is 14.2 Å². The fourth-order valence-corrected chi connectivity index (χ4v) is 5.65. The molecular formula is C34H38N4O3.